The van der Waals surface area contributed by atoms with Gasteiger partial charge in [0, 0.05) is 32.9 Å². The number of halogens is 1. The number of rotatable bonds is 0. The van der Waals surface area contributed by atoms with Gasteiger partial charge >= 0.3 is 0 Å². The smallest absolute Gasteiger partial charge is 0 e. The minimum Gasteiger partial charge on any atom is -0.269 e. The second-order valence-electron chi connectivity index (χ2n) is 0. The van der Waals surface area contributed by atoms with Crippen LogP contribution in [0.5, 0.6) is 0 Å². The van der Waals surface area contributed by atoms with Gasteiger partial charge in [-0.1, -0.05) is 0 Å². The van der Waals surface area contributed by atoms with E-state index in [2.05, 4.69) is 0 Å². The molecule has 4 heavy (non-hydrogen) atoms. The van der Waals surface area contributed by atoms with Crippen LogP contribution < -0.4 is 0 Å². The highest BCUT2D eigenvalue weighted by molar-refractivity contribution is 5.76. The number of hydrogen-bond acceptors (Lipinski definition) is 0. The van der Waals surface area contributed by atoms with Crippen molar-refractivity contribution in [2.75, 3.05) is 0 Å². The molecule has 0 rings (SSSR count). The highest BCUT2D eigenvalue weighted by Gasteiger charge is 0.00201. The van der Waals surface area contributed by atoms with Crippen molar-refractivity contribution >= 4 is 32.9 Å². The van der Waals surface area contributed by atoms with Crippen LogP contribution in [-0.2, 0) is 0 Å². The summed E-state index contributed by atoms with van der Waals surface area (Å²) >= 11 is 0. The van der Waals surface area contributed by atoms with Crippen molar-refractivity contribution in [2.45, 2.75) is 0 Å². The zero-order chi connectivity index (χ0) is 0. The molecule has 0 aliphatic heterocycles. The Morgan fingerprint density at radius 1 is 0.500 bits per heavy atom. The van der Waals surface area contributed by atoms with Crippen molar-refractivity contribution in [1.82, 2.24) is 0 Å². The Bertz CT molecular complexity index is 3.25. The Labute approximate surface area is 38.4 Å². The molecular weight excluding hydrogens is 103 g/mol. The SMILES string of the molecule is F.[Si].[Si].[Si]. The lowest BCUT2D eigenvalue weighted by atomic mass is 19.0. The Morgan fingerprint density at radius 2 is 0.500 bits per heavy atom. The highest BCUT2D eigenvalue weighted by Crippen LogP contribution is 0.420. The maximum Gasteiger partial charge on any atom is 0 e. The Morgan fingerprint density at radius 3 is 0.500 bits per heavy atom. The van der Waals surface area contributed by atoms with Gasteiger partial charge in [0.1, 0.15) is 0 Å². The van der Waals surface area contributed by atoms with Crippen LogP contribution in [0, 0.1) is 0 Å². The highest BCUT2D eigenvalue weighted by atomic mass is 28.1. The molecule has 0 aliphatic rings. The molecule has 0 bridgehead atoms. The molecule has 0 unspecified atom stereocenters. The Balaban J connectivity index is 0. The summed E-state index contributed by atoms with van der Waals surface area (Å²) in [7, 11) is 0. The molecule has 0 N–H and O–H groups in total. The predicted octanol–water partition coefficient (Wildman–Crippen LogP) is -0.990. The minimum absolute atomic E-state index is 0. The van der Waals surface area contributed by atoms with Gasteiger partial charge in [-0.3, -0.25) is 4.70 Å². The monoisotopic (exact) mass is 104 g/mol. The van der Waals surface area contributed by atoms with Crippen LogP contribution in [0.25, 0.3) is 0 Å². The van der Waals surface area contributed by atoms with E-state index in [4.69, 9.17) is 0 Å². The zero-order valence-electron chi connectivity index (χ0n) is 1.91. The fourth-order valence-corrected chi connectivity index (χ4v) is 0. The van der Waals surface area contributed by atoms with Crippen LogP contribution in [0.3, 0.4) is 0 Å². The topological polar surface area (TPSA) is 0 Å². The molecular formula is HFSi3. The van der Waals surface area contributed by atoms with E-state index in [0.29, 0.717) is 0 Å². The van der Waals surface area contributed by atoms with Gasteiger partial charge in [0.25, 0.3) is 0 Å². The van der Waals surface area contributed by atoms with Crippen molar-refractivity contribution < 1.29 is 4.70 Å². The largest absolute Gasteiger partial charge is 0.269 e. The second-order valence-corrected chi connectivity index (χ2v) is 0. The maximum absolute atomic E-state index is 0. The molecule has 0 fully saturated rings. The average molecular weight is 104 g/mol. The van der Waals surface area contributed by atoms with E-state index in [0.717, 1.165) is 0 Å². The molecule has 4 heteroatoms. The lowest BCUT2D eigenvalue weighted by Gasteiger charge is -0.269. The van der Waals surface area contributed by atoms with Gasteiger partial charge in [-0.25, -0.2) is 0 Å². The van der Waals surface area contributed by atoms with Gasteiger partial charge in [0.2, 0.25) is 0 Å². The first-order valence-corrected chi connectivity index (χ1v) is 0. The molecule has 12 radical (unpaired) electrons. The zero-order valence-corrected chi connectivity index (χ0v) is 4.91. The third-order valence-corrected chi connectivity index (χ3v) is 0. The van der Waals surface area contributed by atoms with Crippen molar-refractivity contribution in [3.8, 4) is 0 Å². The minimum atomic E-state index is 0. The molecule has 0 heterocycles. The van der Waals surface area contributed by atoms with E-state index in [9.17, 15) is 0 Å². The molecule has 0 aromatic carbocycles. The van der Waals surface area contributed by atoms with Crippen LogP contribution in [-0.4, -0.2) is 32.9 Å². The van der Waals surface area contributed by atoms with Crippen molar-refractivity contribution in [2.24, 2.45) is 0 Å². The van der Waals surface area contributed by atoms with Crippen molar-refractivity contribution in [1.29, 1.82) is 0 Å². The summed E-state index contributed by atoms with van der Waals surface area (Å²) < 4.78 is 0. The summed E-state index contributed by atoms with van der Waals surface area (Å²) in [5.41, 5.74) is 0. The summed E-state index contributed by atoms with van der Waals surface area (Å²) in [6.45, 7) is 0. The third kappa shape index (κ3) is 19.1. The normalized spacial score (nSPS) is 0. The Kier molecular flexibility index (Phi) is 3080. The van der Waals surface area contributed by atoms with Gasteiger partial charge in [-0.2, -0.15) is 0 Å². The second kappa shape index (κ2) is 70.7. The summed E-state index contributed by atoms with van der Waals surface area (Å²) in [5, 5.41) is 0. The first-order valence-electron chi connectivity index (χ1n) is 0. The van der Waals surface area contributed by atoms with E-state index in [-0.39, 0.29) is 37.6 Å². The third-order valence-electron chi connectivity index (χ3n) is 0. The average Bonchev–Trinajstić information content (AvgIpc) is 0. The lowest BCUT2D eigenvalue weighted by Crippen LogP contribution is -0.382. The van der Waals surface area contributed by atoms with E-state index in [1.165, 1.54) is 0 Å². The van der Waals surface area contributed by atoms with E-state index >= 15 is 0 Å². The van der Waals surface area contributed by atoms with Crippen molar-refractivity contribution in [3.63, 3.8) is 0 Å². The van der Waals surface area contributed by atoms with Crippen LogP contribution in [0.4, 0.5) is 4.70 Å². The fourth-order valence-electron chi connectivity index (χ4n) is 0. The summed E-state index contributed by atoms with van der Waals surface area (Å²) in [5.74, 6) is 0. The lowest BCUT2D eigenvalue weighted by molar-refractivity contribution is 1.11. The quantitative estimate of drug-likeness (QED) is 0.346. The molecule has 0 aromatic heterocycles. The first-order chi connectivity index (χ1) is 0. The van der Waals surface area contributed by atoms with Gasteiger partial charge < -0.3 is 0 Å². The molecule has 20 valence electrons. The van der Waals surface area contributed by atoms with Gasteiger partial charge in [0.15, 0.2) is 0 Å². The summed E-state index contributed by atoms with van der Waals surface area (Å²) in [4.78, 5) is 0. The van der Waals surface area contributed by atoms with E-state index in [1.807, 2.05) is 0 Å². The molecule has 0 amide bonds. The molecule has 0 saturated heterocycles. The Hall–Kier alpha value is 0.581. The maximum atomic E-state index is 0. The molecule has 0 atom stereocenters. The number of hydrogen-bond donors (Lipinski definition) is 0. The van der Waals surface area contributed by atoms with Crippen LogP contribution in [0.15, 0.2) is 0 Å². The molecule has 0 aliphatic carbocycles. The summed E-state index contributed by atoms with van der Waals surface area (Å²) in [6.07, 6.45) is 0. The van der Waals surface area contributed by atoms with Crippen LogP contribution in [0.2, 0.25) is 0 Å². The van der Waals surface area contributed by atoms with E-state index in [1.54, 1.807) is 0 Å². The van der Waals surface area contributed by atoms with Crippen LogP contribution in [0.1, 0.15) is 0 Å². The molecule has 0 aromatic rings. The molecule has 0 saturated carbocycles. The predicted molar refractivity (Wildman–Crippen MR) is 19.8 cm³/mol. The fraction of sp³-hybridized carbons (Fsp3) is 0. The molecule has 0 nitrogen and oxygen atoms in total. The van der Waals surface area contributed by atoms with Crippen LogP contribution >= 0.6 is 0 Å². The summed E-state index contributed by atoms with van der Waals surface area (Å²) in [6, 6.07) is 0. The van der Waals surface area contributed by atoms with E-state index < -0.39 is 0 Å². The first kappa shape index (κ1) is 174. The molecule has 0 spiro atoms. The van der Waals surface area contributed by atoms with Crippen molar-refractivity contribution in [3.05, 3.63) is 0 Å². The van der Waals surface area contributed by atoms with Gasteiger partial charge in [-0.05, 0) is 0 Å². The van der Waals surface area contributed by atoms with Gasteiger partial charge in [-0.15, -0.1) is 0 Å². The van der Waals surface area contributed by atoms with Gasteiger partial charge in [0.05, 0.1) is 0 Å². The standard InChI is InChI=1S/FH.3Si/h1H;;;.